The molecule has 1 unspecified atom stereocenters. The lowest BCUT2D eigenvalue weighted by Gasteiger charge is -2.34. The van der Waals surface area contributed by atoms with Crippen molar-refractivity contribution < 1.29 is 0 Å². The van der Waals surface area contributed by atoms with E-state index in [9.17, 15) is 0 Å². The van der Waals surface area contributed by atoms with Gasteiger partial charge < -0.3 is 4.90 Å². The highest BCUT2D eigenvalue weighted by molar-refractivity contribution is 4.73. The van der Waals surface area contributed by atoms with Crippen molar-refractivity contribution in [3.63, 3.8) is 0 Å². The summed E-state index contributed by atoms with van der Waals surface area (Å²) >= 11 is 0. The second-order valence-corrected chi connectivity index (χ2v) is 3.64. The molecule has 0 aromatic heterocycles. The summed E-state index contributed by atoms with van der Waals surface area (Å²) in [7, 11) is 0. The molecule has 0 aromatic carbocycles. The molecule has 2 atom stereocenters. The van der Waals surface area contributed by atoms with E-state index in [1.54, 1.807) is 0 Å². The predicted octanol–water partition coefficient (Wildman–Crippen LogP) is 1.98. The number of likely N-dealkylation sites (tertiary alicyclic amines) is 1. The molecular weight excluding hydrogens is 122 g/mol. The van der Waals surface area contributed by atoms with Gasteiger partial charge in [-0.25, -0.2) is 0 Å². The van der Waals surface area contributed by atoms with Crippen LogP contribution < -0.4 is 0 Å². The average Bonchev–Trinajstić information content (AvgIpc) is 1.95. The molecule has 1 fully saturated rings. The summed E-state index contributed by atoms with van der Waals surface area (Å²) in [6.07, 6.45) is 1.40. The van der Waals surface area contributed by atoms with Crippen molar-refractivity contribution in [2.75, 3.05) is 19.6 Å². The van der Waals surface area contributed by atoms with Gasteiger partial charge >= 0.3 is 0 Å². The Bertz CT molecular complexity index is 101. The maximum Gasteiger partial charge on any atom is 0.000946 e. The maximum atomic E-state index is 2.55. The highest BCUT2D eigenvalue weighted by Crippen LogP contribution is 2.21. The standard InChI is InChI=1S/C9H19N/c1-4-10-6-5-8(2)9(3)7-10/h8-9H,4-7H2,1-3H3/t8?,9-/m0/s1. The molecule has 60 valence electrons. The lowest BCUT2D eigenvalue weighted by atomic mass is 9.89. The van der Waals surface area contributed by atoms with Crippen LogP contribution in [0.15, 0.2) is 0 Å². The first-order valence-electron chi connectivity index (χ1n) is 4.46. The number of hydrogen-bond acceptors (Lipinski definition) is 1. The van der Waals surface area contributed by atoms with Gasteiger partial charge in [0.25, 0.3) is 0 Å². The summed E-state index contributed by atoms with van der Waals surface area (Å²) in [4.78, 5) is 2.55. The number of piperidine rings is 1. The van der Waals surface area contributed by atoms with Gasteiger partial charge in [-0.05, 0) is 31.3 Å². The maximum absolute atomic E-state index is 2.55. The Morgan fingerprint density at radius 2 is 2.00 bits per heavy atom. The van der Waals surface area contributed by atoms with Crippen molar-refractivity contribution >= 4 is 0 Å². The van der Waals surface area contributed by atoms with Crippen molar-refractivity contribution in [2.45, 2.75) is 27.2 Å². The van der Waals surface area contributed by atoms with Gasteiger partial charge in [-0.3, -0.25) is 0 Å². The summed E-state index contributed by atoms with van der Waals surface area (Å²) in [5, 5.41) is 0. The van der Waals surface area contributed by atoms with E-state index in [2.05, 4.69) is 25.7 Å². The Labute approximate surface area is 64.4 Å². The molecule has 0 aliphatic carbocycles. The van der Waals surface area contributed by atoms with Crippen LogP contribution in [-0.4, -0.2) is 24.5 Å². The molecule has 0 amide bonds. The third-order valence-electron chi connectivity index (χ3n) is 2.87. The molecule has 1 aliphatic rings. The predicted molar refractivity (Wildman–Crippen MR) is 45.1 cm³/mol. The Hall–Kier alpha value is -0.0400. The van der Waals surface area contributed by atoms with E-state index in [1.807, 2.05) is 0 Å². The molecule has 0 spiro atoms. The second-order valence-electron chi connectivity index (χ2n) is 3.64. The Kier molecular flexibility index (Phi) is 2.72. The zero-order valence-corrected chi connectivity index (χ0v) is 7.43. The lowest BCUT2D eigenvalue weighted by Crippen LogP contribution is -2.37. The fraction of sp³-hybridized carbons (Fsp3) is 1.00. The summed E-state index contributed by atoms with van der Waals surface area (Å²) in [5.41, 5.74) is 0. The Balaban J connectivity index is 2.33. The van der Waals surface area contributed by atoms with Gasteiger partial charge in [0.15, 0.2) is 0 Å². The van der Waals surface area contributed by atoms with Crippen LogP contribution in [0.2, 0.25) is 0 Å². The number of hydrogen-bond donors (Lipinski definition) is 0. The molecule has 1 heteroatoms. The molecule has 1 rings (SSSR count). The van der Waals surface area contributed by atoms with Gasteiger partial charge in [0.2, 0.25) is 0 Å². The molecule has 1 heterocycles. The molecule has 0 bridgehead atoms. The molecule has 0 saturated carbocycles. The zero-order valence-electron chi connectivity index (χ0n) is 7.43. The topological polar surface area (TPSA) is 3.24 Å². The first-order chi connectivity index (χ1) is 4.74. The van der Waals surface area contributed by atoms with E-state index in [4.69, 9.17) is 0 Å². The molecule has 0 N–H and O–H groups in total. The van der Waals surface area contributed by atoms with E-state index in [0.717, 1.165) is 11.8 Å². The third-order valence-corrected chi connectivity index (χ3v) is 2.87. The number of nitrogens with zero attached hydrogens (tertiary/aromatic N) is 1. The van der Waals surface area contributed by atoms with E-state index in [0.29, 0.717) is 0 Å². The first-order valence-corrected chi connectivity index (χ1v) is 4.46. The quantitative estimate of drug-likeness (QED) is 0.540. The van der Waals surface area contributed by atoms with Crippen molar-refractivity contribution in [1.29, 1.82) is 0 Å². The van der Waals surface area contributed by atoms with Crippen LogP contribution in [0, 0.1) is 11.8 Å². The average molecular weight is 141 g/mol. The van der Waals surface area contributed by atoms with Gasteiger partial charge in [-0.15, -0.1) is 0 Å². The van der Waals surface area contributed by atoms with Crippen LogP contribution in [0.25, 0.3) is 0 Å². The fourth-order valence-electron chi connectivity index (χ4n) is 1.64. The van der Waals surface area contributed by atoms with Crippen molar-refractivity contribution in [3.05, 3.63) is 0 Å². The smallest absolute Gasteiger partial charge is 0.000946 e. The van der Waals surface area contributed by atoms with E-state index in [1.165, 1.54) is 26.1 Å². The Morgan fingerprint density at radius 3 is 2.50 bits per heavy atom. The largest absolute Gasteiger partial charge is 0.303 e. The van der Waals surface area contributed by atoms with E-state index in [-0.39, 0.29) is 0 Å². The Morgan fingerprint density at radius 1 is 1.30 bits per heavy atom. The second kappa shape index (κ2) is 3.38. The van der Waals surface area contributed by atoms with E-state index < -0.39 is 0 Å². The molecule has 1 nitrogen and oxygen atoms in total. The normalized spacial score (nSPS) is 36.3. The number of rotatable bonds is 1. The minimum absolute atomic E-state index is 0.911. The van der Waals surface area contributed by atoms with Crippen LogP contribution in [0.3, 0.4) is 0 Å². The minimum Gasteiger partial charge on any atom is -0.303 e. The van der Waals surface area contributed by atoms with Crippen molar-refractivity contribution in [2.24, 2.45) is 11.8 Å². The molecular formula is C9H19N. The van der Waals surface area contributed by atoms with Crippen LogP contribution in [-0.2, 0) is 0 Å². The summed E-state index contributed by atoms with van der Waals surface area (Å²) in [6.45, 7) is 10.9. The van der Waals surface area contributed by atoms with E-state index >= 15 is 0 Å². The van der Waals surface area contributed by atoms with Gasteiger partial charge in [0.1, 0.15) is 0 Å². The summed E-state index contributed by atoms with van der Waals surface area (Å²) in [6, 6.07) is 0. The fourth-order valence-corrected chi connectivity index (χ4v) is 1.64. The summed E-state index contributed by atoms with van der Waals surface area (Å²) < 4.78 is 0. The van der Waals surface area contributed by atoms with Crippen LogP contribution >= 0.6 is 0 Å². The highest BCUT2D eigenvalue weighted by atomic mass is 15.1. The monoisotopic (exact) mass is 141 g/mol. The lowest BCUT2D eigenvalue weighted by molar-refractivity contribution is 0.145. The SMILES string of the molecule is CCN1CCC(C)[C@@H](C)C1. The first kappa shape index (κ1) is 8.06. The molecule has 1 saturated heterocycles. The molecule has 10 heavy (non-hydrogen) atoms. The summed E-state index contributed by atoms with van der Waals surface area (Å²) in [5.74, 6) is 1.86. The molecule has 1 aliphatic heterocycles. The zero-order chi connectivity index (χ0) is 7.56. The van der Waals surface area contributed by atoms with Crippen LogP contribution in [0.1, 0.15) is 27.2 Å². The van der Waals surface area contributed by atoms with Crippen LogP contribution in [0.4, 0.5) is 0 Å². The third kappa shape index (κ3) is 1.72. The van der Waals surface area contributed by atoms with Gasteiger partial charge in [0, 0.05) is 6.54 Å². The van der Waals surface area contributed by atoms with Gasteiger partial charge in [-0.2, -0.15) is 0 Å². The molecule has 0 aromatic rings. The van der Waals surface area contributed by atoms with Gasteiger partial charge in [0.05, 0.1) is 0 Å². The van der Waals surface area contributed by atoms with Gasteiger partial charge in [-0.1, -0.05) is 20.8 Å². The van der Waals surface area contributed by atoms with Crippen LogP contribution in [0.5, 0.6) is 0 Å². The molecule has 0 radical (unpaired) electrons. The highest BCUT2D eigenvalue weighted by Gasteiger charge is 2.20. The van der Waals surface area contributed by atoms with Crippen molar-refractivity contribution in [1.82, 2.24) is 4.90 Å². The van der Waals surface area contributed by atoms with Crippen molar-refractivity contribution in [3.8, 4) is 0 Å². The minimum atomic E-state index is 0.911.